The summed E-state index contributed by atoms with van der Waals surface area (Å²) in [4.78, 5) is 32.0. The summed E-state index contributed by atoms with van der Waals surface area (Å²) < 4.78 is 1.38. The lowest BCUT2D eigenvalue weighted by atomic mass is 9.97. The number of thiophene rings is 1. The van der Waals surface area contributed by atoms with Crippen LogP contribution in [0.1, 0.15) is 41.8 Å². The van der Waals surface area contributed by atoms with Crippen molar-refractivity contribution in [3.8, 4) is 0 Å². The third kappa shape index (κ3) is 3.59. The fraction of sp³-hybridized carbons (Fsp3) is 0.300. The predicted molar refractivity (Wildman–Crippen MR) is 112 cm³/mol. The number of nitrogens with zero attached hydrogens (tertiary/aromatic N) is 3. The number of fused-ring (bicyclic) bond motifs is 3. The number of benzene rings is 1. The third-order valence-corrected chi connectivity index (χ3v) is 6.37. The number of rotatable bonds is 4. The number of halogens is 1. The molecule has 0 bridgehead atoms. The number of hydrogen-bond acceptors (Lipinski definition) is 5. The lowest BCUT2D eigenvalue weighted by Crippen LogP contribution is -2.34. The lowest BCUT2D eigenvalue weighted by molar-refractivity contribution is -0.123. The second-order valence-electron chi connectivity index (χ2n) is 6.81. The summed E-state index contributed by atoms with van der Waals surface area (Å²) in [6.45, 7) is 1.66. The van der Waals surface area contributed by atoms with Crippen molar-refractivity contribution in [2.45, 2.75) is 38.6 Å². The molecule has 1 amide bonds. The van der Waals surface area contributed by atoms with Crippen molar-refractivity contribution in [1.82, 2.24) is 15.0 Å². The van der Waals surface area contributed by atoms with Crippen LogP contribution in [0.5, 0.6) is 0 Å². The van der Waals surface area contributed by atoms with E-state index in [4.69, 9.17) is 11.6 Å². The van der Waals surface area contributed by atoms with Gasteiger partial charge in [-0.05, 0) is 55.9 Å². The largest absolute Gasteiger partial charge is 0.286 e. The molecule has 0 unspecified atom stereocenters. The van der Waals surface area contributed by atoms with Gasteiger partial charge in [0.25, 0.3) is 11.5 Å². The van der Waals surface area contributed by atoms with Gasteiger partial charge >= 0.3 is 0 Å². The second kappa shape index (κ2) is 7.85. The molecular weight excluding hydrogens is 396 g/mol. The van der Waals surface area contributed by atoms with Gasteiger partial charge in [0.2, 0.25) is 0 Å². The summed E-state index contributed by atoms with van der Waals surface area (Å²) in [7, 11) is 0. The van der Waals surface area contributed by atoms with Gasteiger partial charge in [-0.1, -0.05) is 23.7 Å². The van der Waals surface area contributed by atoms with Crippen LogP contribution < -0.4 is 11.0 Å². The molecule has 0 saturated heterocycles. The zero-order valence-electron chi connectivity index (χ0n) is 15.3. The highest BCUT2D eigenvalue weighted by molar-refractivity contribution is 7.18. The Hall–Kier alpha value is -2.51. The van der Waals surface area contributed by atoms with Crippen LogP contribution in [0.4, 0.5) is 0 Å². The van der Waals surface area contributed by atoms with E-state index in [1.807, 2.05) is 6.07 Å². The molecule has 6 nitrogen and oxygen atoms in total. The van der Waals surface area contributed by atoms with E-state index in [1.54, 1.807) is 36.5 Å². The standard InChI is InChI=1S/C20H19ClN4O2S/c1-12(18(26)24-23-10-13-5-4-6-14(21)9-13)25-11-22-19-17(20(25)27)15-7-2-3-8-16(15)28-19/h4-6,9-12H,2-3,7-8H2,1H3,(H,24,26)/b23-10+/t12-/m1/s1. The molecule has 0 radical (unpaired) electrons. The molecule has 1 aliphatic carbocycles. The van der Waals surface area contributed by atoms with E-state index >= 15 is 0 Å². The van der Waals surface area contributed by atoms with Gasteiger partial charge in [0.15, 0.2) is 0 Å². The number of nitrogens with one attached hydrogen (secondary N) is 1. The van der Waals surface area contributed by atoms with Crippen molar-refractivity contribution in [1.29, 1.82) is 0 Å². The first-order valence-electron chi connectivity index (χ1n) is 9.14. The molecule has 2 heterocycles. The maximum absolute atomic E-state index is 13.0. The SMILES string of the molecule is C[C@H](C(=O)N/N=C/c1cccc(Cl)c1)n1cnc2sc3c(c2c1=O)CCCC3. The molecule has 144 valence electrons. The molecule has 0 saturated carbocycles. The molecule has 0 aliphatic heterocycles. The Balaban J connectivity index is 1.56. The zero-order valence-corrected chi connectivity index (χ0v) is 16.9. The molecule has 0 spiro atoms. The number of amides is 1. The molecule has 2 aromatic heterocycles. The van der Waals surface area contributed by atoms with Crippen LogP contribution >= 0.6 is 22.9 Å². The van der Waals surface area contributed by atoms with Gasteiger partial charge in [-0.25, -0.2) is 10.4 Å². The highest BCUT2D eigenvalue weighted by Gasteiger charge is 2.23. The van der Waals surface area contributed by atoms with Crippen LogP contribution in [0.25, 0.3) is 10.2 Å². The molecule has 1 aliphatic rings. The third-order valence-electron chi connectivity index (χ3n) is 4.93. The molecule has 8 heteroatoms. The molecule has 1 aromatic carbocycles. The van der Waals surface area contributed by atoms with Gasteiger partial charge < -0.3 is 0 Å². The number of carbonyl (C=O) groups is 1. The highest BCUT2D eigenvalue weighted by Crippen LogP contribution is 2.33. The summed E-state index contributed by atoms with van der Waals surface area (Å²) in [5.41, 5.74) is 4.21. The quantitative estimate of drug-likeness (QED) is 0.522. The van der Waals surface area contributed by atoms with Gasteiger partial charge in [0, 0.05) is 9.90 Å². The number of carbonyl (C=O) groups excluding carboxylic acids is 1. The monoisotopic (exact) mass is 414 g/mol. The van der Waals surface area contributed by atoms with Crippen LogP contribution in [0, 0.1) is 0 Å². The normalized spacial score (nSPS) is 14.9. The summed E-state index contributed by atoms with van der Waals surface area (Å²) in [5.74, 6) is -0.384. The van der Waals surface area contributed by atoms with Crippen LogP contribution in [0.3, 0.4) is 0 Å². The Morgan fingerprint density at radius 3 is 3.04 bits per heavy atom. The topological polar surface area (TPSA) is 76.3 Å². The van der Waals surface area contributed by atoms with Crippen molar-refractivity contribution >= 4 is 45.3 Å². The zero-order chi connectivity index (χ0) is 19.7. The molecular formula is C20H19ClN4O2S. The minimum atomic E-state index is -0.722. The maximum atomic E-state index is 13.0. The highest BCUT2D eigenvalue weighted by atomic mass is 35.5. The molecule has 1 N–H and O–H groups in total. The van der Waals surface area contributed by atoms with Crippen molar-refractivity contribution < 1.29 is 4.79 Å². The Bertz CT molecular complexity index is 1130. The van der Waals surface area contributed by atoms with Gasteiger partial charge in [-0.15, -0.1) is 11.3 Å². The van der Waals surface area contributed by atoms with Crippen LogP contribution in [0.2, 0.25) is 5.02 Å². The summed E-state index contributed by atoms with van der Waals surface area (Å²) >= 11 is 7.53. The van der Waals surface area contributed by atoms with Crippen LogP contribution in [-0.4, -0.2) is 21.7 Å². The van der Waals surface area contributed by atoms with Crippen molar-refractivity contribution in [3.63, 3.8) is 0 Å². The van der Waals surface area contributed by atoms with E-state index in [-0.39, 0.29) is 11.5 Å². The maximum Gasteiger partial charge on any atom is 0.263 e. The van der Waals surface area contributed by atoms with Gasteiger partial charge in [0.05, 0.1) is 17.9 Å². The van der Waals surface area contributed by atoms with E-state index in [1.165, 1.54) is 22.0 Å². The van der Waals surface area contributed by atoms with E-state index in [0.717, 1.165) is 41.6 Å². The summed E-state index contributed by atoms with van der Waals surface area (Å²) in [6, 6.07) is 6.41. The summed E-state index contributed by atoms with van der Waals surface area (Å²) in [6.07, 6.45) is 7.11. The minimum Gasteiger partial charge on any atom is -0.286 e. The Labute approximate surface area is 170 Å². The second-order valence-corrected chi connectivity index (χ2v) is 8.33. The van der Waals surface area contributed by atoms with E-state index in [2.05, 4.69) is 15.5 Å². The van der Waals surface area contributed by atoms with Crippen LogP contribution in [0.15, 0.2) is 40.5 Å². The van der Waals surface area contributed by atoms with Crippen molar-refractivity contribution in [3.05, 3.63) is 62.0 Å². The Kier molecular flexibility index (Phi) is 5.28. The van der Waals surface area contributed by atoms with Gasteiger partial charge in [-0.2, -0.15) is 5.10 Å². The van der Waals surface area contributed by atoms with Gasteiger partial charge in [-0.3, -0.25) is 14.2 Å². The molecule has 4 rings (SSSR count). The van der Waals surface area contributed by atoms with E-state index in [9.17, 15) is 9.59 Å². The van der Waals surface area contributed by atoms with Crippen LogP contribution in [-0.2, 0) is 17.6 Å². The average Bonchev–Trinajstić information content (AvgIpc) is 3.07. The number of hydrazone groups is 1. The van der Waals surface area contributed by atoms with Gasteiger partial charge in [0.1, 0.15) is 10.9 Å². The average molecular weight is 415 g/mol. The summed E-state index contributed by atoms with van der Waals surface area (Å²) in [5, 5.41) is 5.23. The van der Waals surface area contributed by atoms with Crippen molar-refractivity contribution in [2.24, 2.45) is 5.10 Å². The number of aromatic nitrogens is 2. The fourth-order valence-electron chi connectivity index (χ4n) is 3.41. The predicted octanol–water partition coefficient (Wildman–Crippen LogP) is 3.70. The Morgan fingerprint density at radius 2 is 2.21 bits per heavy atom. The molecule has 1 atom stereocenters. The van der Waals surface area contributed by atoms with E-state index in [0.29, 0.717) is 10.4 Å². The first kappa shape index (κ1) is 18.8. The first-order valence-corrected chi connectivity index (χ1v) is 10.3. The first-order chi connectivity index (χ1) is 13.5. The Morgan fingerprint density at radius 1 is 1.39 bits per heavy atom. The lowest BCUT2D eigenvalue weighted by Gasteiger charge is -2.14. The van der Waals surface area contributed by atoms with E-state index < -0.39 is 6.04 Å². The smallest absolute Gasteiger partial charge is 0.263 e. The minimum absolute atomic E-state index is 0.161. The molecule has 28 heavy (non-hydrogen) atoms. The molecule has 3 aromatic rings. The van der Waals surface area contributed by atoms with Crippen molar-refractivity contribution in [2.75, 3.05) is 0 Å². The number of aryl methyl sites for hydroxylation is 2. The molecule has 0 fully saturated rings. The fourth-order valence-corrected chi connectivity index (χ4v) is 4.83. The number of hydrogen-bond donors (Lipinski definition) is 1.